The van der Waals surface area contributed by atoms with Gasteiger partial charge in [0, 0.05) is 31.6 Å². The summed E-state index contributed by atoms with van der Waals surface area (Å²) in [6, 6.07) is 3.68. The summed E-state index contributed by atoms with van der Waals surface area (Å²) >= 11 is 0. The van der Waals surface area contributed by atoms with Crippen molar-refractivity contribution in [1.29, 1.82) is 0 Å². The fourth-order valence-corrected chi connectivity index (χ4v) is 1.32. The molecule has 7 nitrogen and oxygen atoms in total. The maximum absolute atomic E-state index is 11.5. The van der Waals surface area contributed by atoms with Gasteiger partial charge in [0.05, 0.1) is 0 Å². The maximum atomic E-state index is 11.5. The molecule has 19 heavy (non-hydrogen) atoms. The van der Waals surface area contributed by atoms with Gasteiger partial charge in [-0.3, -0.25) is 9.78 Å². The Morgan fingerprint density at radius 1 is 1.37 bits per heavy atom. The standard InChI is InChI=1S/C12H13N5O2/c18-12(4-3-10-2-1-5-13-8-10)15-7-6-14-11-9-16-19-17-11/h1-5,8-9H,6-7H2,(H,14,17)(H,15,18)/b4-3+. The molecule has 0 saturated heterocycles. The molecular formula is C12H13N5O2. The summed E-state index contributed by atoms with van der Waals surface area (Å²) in [5.74, 6) is 0.379. The molecule has 7 heteroatoms. The van der Waals surface area contributed by atoms with Gasteiger partial charge >= 0.3 is 0 Å². The van der Waals surface area contributed by atoms with E-state index in [9.17, 15) is 4.79 Å². The van der Waals surface area contributed by atoms with Gasteiger partial charge in [-0.25, -0.2) is 4.63 Å². The highest BCUT2D eigenvalue weighted by molar-refractivity contribution is 5.91. The van der Waals surface area contributed by atoms with Crippen molar-refractivity contribution >= 4 is 17.8 Å². The Hall–Kier alpha value is -2.70. The molecule has 2 heterocycles. The monoisotopic (exact) mass is 259 g/mol. The van der Waals surface area contributed by atoms with Crippen LogP contribution < -0.4 is 10.6 Å². The van der Waals surface area contributed by atoms with Crippen LogP contribution in [0, 0.1) is 0 Å². The molecule has 0 aromatic carbocycles. The minimum Gasteiger partial charge on any atom is -0.364 e. The van der Waals surface area contributed by atoms with Crippen LogP contribution in [-0.2, 0) is 4.79 Å². The highest BCUT2D eigenvalue weighted by atomic mass is 16.6. The zero-order valence-electron chi connectivity index (χ0n) is 10.1. The second kappa shape index (κ2) is 6.90. The van der Waals surface area contributed by atoms with Crippen LogP contribution in [0.1, 0.15) is 5.56 Å². The van der Waals surface area contributed by atoms with E-state index >= 15 is 0 Å². The number of anilines is 1. The first kappa shape index (κ1) is 12.7. The Labute approximate surface area is 109 Å². The van der Waals surface area contributed by atoms with E-state index in [4.69, 9.17) is 0 Å². The van der Waals surface area contributed by atoms with Crippen molar-refractivity contribution in [3.05, 3.63) is 42.4 Å². The Morgan fingerprint density at radius 2 is 2.32 bits per heavy atom. The number of carbonyl (C=O) groups is 1. The highest BCUT2D eigenvalue weighted by Crippen LogP contribution is 1.98. The highest BCUT2D eigenvalue weighted by Gasteiger charge is 1.97. The van der Waals surface area contributed by atoms with Gasteiger partial charge < -0.3 is 10.6 Å². The molecule has 2 aromatic heterocycles. The van der Waals surface area contributed by atoms with E-state index in [1.165, 1.54) is 12.3 Å². The van der Waals surface area contributed by atoms with Crippen molar-refractivity contribution < 1.29 is 9.42 Å². The molecule has 0 radical (unpaired) electrons. The van der Waals surface area contributed by atoms with E-state index in [-0.39, 0.29) is 5.91 Å². The van der Waals surface area contributed by atoms with Crippen molar-refractivity contribution in [2.75, 3.05) is 18.4 Å². The summed E-state index contributed by atoms with van der Waals surface area (Å²) in [6.45, 7) is 1.02. The molecule has 0 aliphatic rings. The zero-order valence-corrected chi connectivity index (χ0v) is 10.1. The van der Waals surface area contributed by atoms with Crippen LogP contribution in [0.15, 0.2) is 41.4 Å². The van der Waals surface area contributed by atoms with Crippen LogP contribution in [0.3, 0.4) is 0 Å². The summed E-state index contributed by atoms with van der Waals surface area (Å²) in [4.78, 5) is 15.4. The van der Waals surface area contributed by atoms with Crippen molar-refractivity contribution in [1.82, 2.24) is 20.6 Å². The Bertz CT molecular complexity index is 524. The van der Waals surface area contributed by atoms with Crippen molar-refractivity contribution in [2.45, 2.75) is 0 Å². The maximum Gasteiger partial charge on any atom is 0.244 e. The van der Waals surface area contributed by atoms with E-state index < -0.39 is 0 Å². The number of nitrogens with zero attached hydrogens (tertiary/aromatic N) is 3. The number of carbonyl (C=O) groups excluding carboxylic acids is 1. The lowest BCUT2D eigenvalue weighted by Crippen LogP contribution is -2.27. The van der Waals surface area contributed by atoms with E-state index in [2.05, 4.69) is 30.6 Å². The second-order valence-electron chi connectivity index (χ2n) is 3.63. The Morgan fingerprint density at radius 3 is 3.05 bits per heavy atom. The second-order valence-corrected chi connectivity index (χ2v) is 3.63. The lowest BCUT2D eigenvalue weighted by molar-refractivity contribution is -0.116. The van der Waals surface area contributed by atoms with Gasteiger partial charge in [-0.05, 0) is 22.9 Å². The largest absolute Gasteiger partial charge is 0.364 e. The summed E-state index contributed by atoms with van der Waals surface area (Å²) in [7, 11) is 0. The smallest absolute Gasteiger partial charge is 0.244 e. The summed E-state index contributed by atoms with van der Waals surface area (Å²) in [6.07, 6.45) is 8.00. The van der Waals surface area contributed by atoms with E-state index in [1.54, 1.807) is 18.5 Å². The predicted molar refractivity (Wildman–Crippen MR) is 69.1 cm³/mol. The van der Waals surface area contributed by atoms with Crippen LogP contribution in [-0.4, -0.2) is 34.3 Å². The fraction of sp³-hybridized carbons (Fsp3) is 0.167. The van der Waals surface area contributed by atoms with Gasteiger partial charge in [-0.1, -0.05) is 11.2 Å². The predicted octanol–water partition coefficient (Wildman–Crippen LogP) is 0.706. The van der Waals surface area contributed by atoms with Crippen molar-refractivity contribution in [3.63, 3.8) is 0 Å². The summed E-state index contributed by atoms with van der Waals surface area (Å²) in [5.41, 5.74) is 0.879. The van der Waals surface area contributed by atoms with Crippen LogP contribution in [0.2, 0.25) is 0 Å². The van der Waals surface area contributed by atoms with Gasteiger partial charge in [0.15, 0.2) is 5.82 Å². The molecule has 0 fully saturated rings. The van der Waals surface area contributed by atoms with Crippen molar-refractivity contribution in [2.24, 2.45) is 0 Å². The minimum atomic E-state index is -0.163. The third-order valence-electron chi connectivity index (χ3n) is 2.20. The van der Waals surface area contributed by atoms with E-state index in [0.29, 0.717) is 18.9 Å². The normalized spacial score (nSPS) is 10.5. The van der Waals surface area contributed by atoms with Crippen molar-refractivity contribution in [3.8, 4) is 0 Å². The van der Waals surface area contributed by atoms with Crippen LogP contribution >= 0.6 is 0 Å². The molecule has 0 saturated carbocycles. The molecule has 0 unspecified atom stereocenters. The summed E-state index contributed by atoms with van der Waals surface area (Å²) < 4.78 is 4.41. The van der Waals surface area contributed by atoms with E-state index in [1.807, 2.05) is 12.1 Å². The number of pyridine rings is 1. The SMILES string of the molecule is O=C(/C=C/c1cccnc1)NCCNc1cnon1. The topological polar surface area (TPSA) is 92.9 Å². The molecular weight excluding hydrogens is 246 g/mol. The Balaban J connectivity index is 1.66. The number of hydrogen-bond acceptors (Lipinski definition) is 6. The number of nitrogens with one attached hydrogen (secondary N) is 2. The molecule has 0 bridgehead atoms. The van der Waals surface area contributed by atoms with Gasteiger partial charge in [0.1, 0.15) is 6.20 Å². The molecule has 0 atom stereocenters. The molecule has 0 aliphatic heterocycles. The minimum absolute atomic E-state index is 0.163. The number of amides is 1. The average Bonchev–Trinajstić information content (AvgIpc) is 2.96. The first-order chi connectivity index (χ1) is 9.34. The molecule has 98 valence electrons. The molecule has 2 aromatic rings. The van der Waals surface area contributed by atoms with Crippen LogP contribution in [0.4, 0.5) is 5.82 Å². The van der Waals surface area contributed by atoms with E-state index in [0.717, 1.165) is 5.56 Å². The van der Waals surface area contributed by atoms with Crippen LogP contribution in [0.5, 0.6) is 0 Å². The quantitative estimate of drug-likeness (QED) is 0.586. The third-order valence-corrected chi connectivity index (χ3v) is 2.20. The molecule has 2 N–H and O–H groups in total. The number of aromatic nitrogens is 3. The van der Waals surface area contributed by atoms with Gasteiger partial charge in [-0.15, -0.1) is 0 Å². The molecule has 2 rings (SSSR count). The van der Waals surface area contributed by atoms with Crippen LogP contribution in [0.25, 0.3) is 6.08 Å². The molecule has 0 aliphatic carbocycles. The lowest BCUT2D eigenvalue weighted by Gasteiger charge is -2.02. The fourth-order valence-electron chi connectivity index (χ4n) is 1.32. The number of rotatable bonds is 6. The first-order valence-corrected chi connectivity index (χ1v) is 5.72. The van der Waals surface area contributed by atoms with Gasteiger partial charge in [0.25, 0.3) is 0 Å². The molecule has 1 amide bonds. The molecule has 0 spiro atoms. The third kappa shape index (κ3) is 4.58. The summed E-state index contributed by atoms with van der Waals surface area (Å²) in [5, 5.41) is 12.7. The van der Waals surface area contributed by atoms with Gasteiger partial charge in [0.2, 0.25) is 5.91 Å². The zero-order chi connectivity index (χ0) is 13.3. The Kier molecular flexibility index (Phi) is 4.63. The number of hydrogen-bond donors (Lipinski definition) is 2. The lowest BCUT2D eigenvalue weighted by atomic mass is 10.2. The first-order valence-electron chi connectivity index (χ1n) is 5.72. The average molecular weight is 259 g/mol. The van der Waals surface area contributed by atoms with Gasteiger partial charge in [-0.2, -0.15) is 0 Å².